The van der Waals surface area contributed by atoms with Gasteiger partial charge in [-0.25, -0.2) is 4.39 Å². The molecule has 4 nitrogen and oxygen atoms in total. The van der Waals surface area contributed by atoms with E-state index in [9.17, 15) is 19.1 Å². The summed E-state index contributed by atoms with van der Waals surface area (Å²) < 4.78 is 14.0. The lowest BCUT2D eigenvalue weighted by Crippen LogP contribution is -2.28. The highest BCUT2D eigenvalue weighted by Gasteiger charge is 2.36. The molecule has 0 spiro atoms. The second-order valence-corrected chi connectivity index (χ2v) is 7.98. The summed E-state index contributed by atoms with van der Waals surface area (Å²) in [5.41, 5.74) is 0.164. The van der Waals surface area contributed by atoms with Gasteiger partial charge in [-0.15, -0.1) is 0 Å². The molecule has 140 valence electrons. The van der Waals surface area contributed by atoms with Crippen LogP contribution in [0.1, 0.15) is 11.1 Å². The first-order valence-corrected chi connectivity index (χ1v) is 9.58. The van der Waals surface area contributed by atoms with Gasteiger partial charge in [-0.2, -0.15) is 0 Å². The van der Waals surface area contributed by atoms with Crippen LogP contribution in [0.3, 0.4) is 0 Å². The number of thioether (sulfide) groups is 1. The van der Waals surface area contributed by atoms with Crippen molar-refractivity contribution in [3.63, 3.8) is 0 Å². The van der Waals surface area contributed by atoms with Crippen LogP contribution in [-0.2, 0) is 11.3 Å². The first kappa shape index (κ1) is 20.3. The van der Waals surface area contributed by atoms with E-state index in [0.717, 1.165) is 4.90 Å². The normalized spacial score (nSPS) is 15.9. The molecule has 10 heteroatoms. The Bertz CT molecular complexity index is 992. The maximum Gasteiger partial charge on any atom is 0.293 e. The molecular formula is C17H8Cl4FNO3S. The highest BCUT2D eigenvalue weighted by atomic mass is 35.5. The number of carbonyl (C=O) groups excluding carboxylic acids is 2. The van der Waals surface area contributed by atoms with Crippen molar-refractivity contribution in [2.24, 2.45) is 0 Å². The number of phenols is 1. The molecule has 0 aromatic heterocycles. The van der Waals surface area contributed by atoms with Gasteiger partial charge in [0, 0.05) is 16.1 Å². The third-order valence-corrected chi connectivity index (χ3v) is 5.95. The number of carbonyl (C=O) groups is 2. The summed E-state index contributed by atoms with van der Waals surface area (Å²) in [5, 5.41) is 9.22. The summed E-state index contributed by atoms with van der Waals surface area (Å²) in [5.74, 6) is -1.68. The summed E-state index contributed by atoms with van der Waals surface area (Å²) in [4.78, 5) is 25.7. The molecule has 1 aliphatic heterocycles. The van der Waals surface area contributed by atoms with E-state index in [4.69, 9.17) is 46.4 Å². The maximum absolute atomic E-state index is 14.0. The number of nitrogens with zero attached hydrogens (tertiary/aromatic N) is 1. The van der Waals surface area contributed by atoms with E-state index in [0.29, 0.717) is 11.8 Å². The molecule has 0 saturated carbocycles. The molecule has 1 saturated heterocycles. The Morgan fingerprint density at radius 2 is 1.81 bits per heavy atom. The zero-order valence-electron chi connectivity index (χ0n) is 13.1. The van der Waals surface area contributed by atoms with Crippen molar-refractivity contribution in [3.05, 3.63) is 66.2 Å². The summed E-state index contributed by atoms with van der Waals surface area (Å²) >= 11 is 24.5. The van der Waals surface area contributed by atoms with Gasteiger partial charge >= 0.3 is 0 Å². The minimum atomic E-state index is -0.661. The molecule has 2 aromatic carbocycles. The van der Waals surface area contributed by atoms with Crippen LogP contribution in [0, 0.1) is 5.82 Å². The number of hydrogen-bond acceptors (Lipinski definition) is 4. The number of benzene rings is 2. The minimum absolute atomic E-state index is 0.0120. The molecule has 1 fully saturated rings. The average Bonchev–Trinajstić information content (AvgIpc) is 2.87. The molecule has 2 amide bonds. The van der Waals surface area contributed by atoms with Gasteiger partial charge in [-0.05, 0) is 36.0 Å². The summed E-state index contributed by atoms with van der Waals surface area (Å²) in [7, 11) is 0. The van der Waals surface area contributed by atoms with Gasteiger partial charge in [0.1, 0.15) is 5.82 Å². The van der Waals surface area contributed by atoms with E-state index >= 15 is 0 Å². The van der Waals surface area contributed by atoms with Gasteiger partial charge in [-0.3, -0.25) is 14.5 Å². The van der Waals surface area contributed by atoms with Gasteiger partial charge in [-0.1, -0.05) is 52.5 Å². The highest BCUT2D eigenvalue weighted by molar-refractivity contribution is 8.18. The monoisotopic (exact) mass is 465 g/mol. The third kappa shape index (κ3) is 3.91. The van der Waals surface area contributed by atoms with Crippen LogP contribution in [0.25, 0.3) is 6.08 Å². The van der Waals surface area contributed by atoms with Gasteiger partial charge in [0.05, 0.1) is 26.5 Å². The van der Waals surface area contributed by atoms with Gasteiger partial charge in [0.25, 0.3) is 11.1 Å². The molecular weight excluding hydrogens is 459 g/mol. The molecule has 0 unspecified atom stereocenters. The van der Waals surface area contributed by atoms with Crippen molar-refractivity contribution in [3.8, 4) is 5.75 Å². The maximum atomic E-state index is 14.0. The standard InChI is InChI=1S/C17H8Cl4FNO3S/c18-9-2-1-3-12(22)8(9)6-23-16(25)13(27-17(23)26)4-7-10(19)5-11(20)15(24)14(7)21/h1-5,24H,6H2/b13-4-. The number of amides is 2. The predicted molar refractivity (Wildman–Crippen MR) is 106 cm³/mol. The third-order valence-electron chi connectivity index (χ3n) is 3.71. The minimum Gasteiger partial charge on any atom is -0.505 e. The second kappa shape index (κ2) is 7.89. The van der Waals surface area contributed by atoms with E-state index in [1.165, 1.54) is 30.3 Å². The molecule has 3 rings (SSSR count). The topological polar surface area (TPSA) is 57.6 Å². The zero-order valence-corrected chi connectivity index (χ0v) is 16.9. The lowest BCUT2D eigenvalue weighted by molar-refractivity contribution is -0.123. The van der Waals surface area contributed by atoms with Gasteiger partial charge in [0.2, 0.25) is 0 Å². The fourth-order valence-electron chi connectivity index (χ4n) is 2.34. The molecule has 0 bridgehead atoms. The van der Waals surface area contributed by atoms with Crippen molar-refractivity contribution in [2.75, 3.05) is 0 Å². The van der Waals surface area contributed by atoms with E-state index < -0.39 is 22.7 Å². The SMILES string of the molecule is O=C1S/C(=C\c2c(Cl)cc(Cl)c(O)c2Cl)C(=O)N1Cc1c(F)cccc1Cl. The zero-order chi connectivity index (χ0) is 19.9. The van der Waals surface area contributed by atoms with Crippen LogP contribution in [0.4, 0.5) is 9.18 Å². The highest BCUT2D eigenvalue weighted by Crippen LogP contribution is 2.42. The van der Waals surface area contributed by atoms with Crippen molar-refractivity contribution in [1.29, 1.82) is 0 Å². The lowest BCUT2D eigenvalue weighted by Gasteiger charge is -2.14. The number of hydrogen-bond donors (Lipinski definition) is 1. The van der Waals surface area contributed by atoms with Crippen LogP contribution in [0.5, 0.6) is 5.75 Å². The Kier molecular flexibility index (Phi) is 5.93. The lowest BCUT2D eigenvalue weighted by atomic mass is 10.1. The molecule has 1 aliphatic rings. The Balaban J connectivity index is 1.95. The predicted octanol–water partition coefficient (Wildman–Crippen LogP) is 6.38. The van der Waals surface area contributed by atoms with Gasteiger partial charge < -0.3 is 5.11 Å². The number of phenolic OH excluding ortho intramolecular Hbond substituents is 1. The van der Waals surface area contributed by atoms with E-state index in [1.54, 1.807) is 0 Å². The number of imide groups is 1. The molecule has 1 heterocycles. The van der Waals surface area contributed by atoms with Crippen LogP contribution in [-0.4, -0.2) is 21.2 Å². The second-order valence-electron chi connectivity index (χ2n) is 5.38. The van der Waals surface area contributed by atoms with Crippen molar-refractivity contribution in [1.82, 2.24) is 4.90 Å². The van der Waals surface area contributed by atoms with Crippen LogP contribution in [0.2, 0.25) is 20.1 Å². The van der Waals surface area contributed by atoms with E-state index in [1.807, 2.05) is 0 Å². The number of aromatic hydroxyl groups is 1. The van der Waals surface area contributed by atoms with Crippen LogP contribution in [0.15, 0.2) is 29.2 Å². The summed E-state index contributed by atoms with van der Waals surface area (Å²) in [6.45, 7) is -0.319. The molecule has 1 N–H and O–H groups in total. The fraction of sp³-hybridized carbons (Fsp3) is 0.0588. The van der Waals surface area contributed by atoms with E-state index in [2.05, 4.69) is 0 Å². The Morgan fingerprint density at radius 3 is 2.48 bits per heavy atom. The smallest absolute Gasteiger partial charge is 0.293 e. The summed E-state index contributed by atoms with van der Waals surface area (Å²) in [6.07, 6.45) is 1.27. The average molecular weight is 467 g/mol. The molecule has 0 radical (unpaired) electrons. The Labute approximate surface area is 177 Å². The largest absolute Gasteiger partial charge is 0.505 e. The molecule has 2 aromatic rings. The molecule has 0 atom stereocenters. The van der Waals surface area contributed by atoms with Crippen LogP contribution >= 0.6 is 58.2 Å². The first-order valence-electron chi connectivity index (χ1n) is 7.25. The van der Waals surface area contributed by atoms with Gasteiger partial charge in [0.15, 0.2) is 5.75 Å². The Morgan fingerprint density at radius 1 is 1.11 bits per heavy atom. The van der Waals surface area contributed by atoms with Crippen molar-refractivity contribution >= 4 is 75.4 Å². The first-order chi connectivity index (χ1) is 12.7. The molecule has 0 aliphatic carbocycles. The number of rotatable bonds is 3. The van der Waals surface area contributed by atoms with Crippen molar-refractivity contribution < 1.29 is 19.1 Å². The summed E-state index contributed by atoms with van der Waals surface area (Å²) in [6, 6.07) is 5.34. The quantitative estimate of drug-likeness (QED) is 0.533. The van der Waals surface area contributed by atoms with Crippen molar-refractivity contribution in [2.45, 2.75) is 6.54 Å². The van der Waals surface area contributed by atoms with E-state index in [-0.39, 0.29) is 42.7 Å². The van der Waals surface area contributed by atoms with Crippen LogP contribution < -0.4 is 0 Å². The fourth-order valence-corrected chi connectivity index (χ4v) is 4.25. The Hall–Kier alpha value is -1.44. The molecule has 27 heavy (non-hydrogen) atoms. The number of halogens is 5.